The second kappa shape index (κ2) is 70.8. The Morgan fingerprint density at radius 3 is 1.33 bits per heavy atom. The Kier molecular flexibility index (Phi) is 145. The molecule has 2 radical (unpaired) electrons. The molecule has 0 atom stereocenters. The van der Waals surface area contributed by atoms with Crippen molar-refractivity contribution in [3.05, 3.63) is 0 Å². The Morgan fingerprint density at radius 1 is 1.19 bits per heavy atom. The molecule has 0 spiro atoms. The molecule has 10 nitrogen and oxygen atoms in total. The number of aliphatic carboxylic acids is 2. The van der Waals surface area contributed by atoms with E-state index >= 15 is 0 Å². The first-order valence-corrected chi connectivity index (χ1v) is 7.99. The molecule has 0 aromatic rings. The molecule has 21 heavy (non-hydrogen) atoms. The summed E-state index contributed by atoms with van der Waals surface area (Å²) in [6.45, 7) is 2.17. The number of hydrogen-bond donors (Lipinski definition) is 4. The van der Waals surface area contributed by atoms with Crippen LogP contribution >= 0.6 is 8.01 Å². The van der Waals surface area contributed by atoms with E-state index in [9.17, 15) is 4.57 Å². The van der Waals surface area contributed by atoms with Crippen LogP contribution in [-0.4, -0.2) is 88.5 Å². The molecule has 0 aromatic heterocycles. The average molecular weight is 467 g/mol. The molecular weight excluding hydrogens is 450 g/mol. The van der Waals surface area contributed by atoms with Gasteiger partial charge in [0.05, 0.1) is 0 Å². The Balaban J connectivity index is -0.0000000229. The summed E-state index contributed by atoms with van der Waals surface area (Å²) in [5.41, 5.74) is 0. The van der Waals surface area contributed by atoms with E-state index in [0.29, 0.717) is 0 Å². The number of rotatable bonds is 1. The summed E-state index contributed by atoms with van der Waals surface area (Å²) in [7, 11) is 2.72. The summed E-state index contributed by atoms with van der Waals surface area (Å²) in [4.78, 5) is 18.0. The van der Waals surface area contributed by atoms with Crippen LogP contribution < -0.4 is 0 Å². The summed E-state index contributed by atoms with van der Waals surface area (Å²) in [5.74, 6) is -1.67. The second-order valence-electron chi connectivity index (χ2n) is 1.62. The molecule has 0 aromatic carbocycles. The first kappa shape index (κ1) is 43.0. The van der Waals surface area contributed by atoms with Crippen LogP contribution in [0.25, 0.3) is 0 Å². The van der Waals surface area contributed by atoms with E-state index in [1.165, 1.54) is 16.2 Å². The van der Waals surface area contributed by atoms with Crippen molar-refractivity contribution >= 4 is 61.8 Å². The number of carboxylic acid groups (broad SMARTS) is 2. The van der Waals surface area contributed by atoms with Gasteiger partial charge in [0.2, 0.25) is 8.98 Å². The van der Waals surface area contributed by atoms with Gasteiger partial charge >= 0.3 is 45.8 Å². The third kappa shape index (κ3) is 1150. The van der Waals surface area contributed by atoms with E-state index in [0.717, 1.165) is 21.0 Å². The molecule has 0 bridgehead atoms. The van der Waals surface area contributed by atoms with E-state index in [1.54, 1.807) is 23.7 Å². The quantitative estimate of drug-likeness (QED) is 0.169. The topological polar surface area (TPSA) is 171 Å². The molecule has 0 aliphatic carbocycles. The van der Waals surface area contributed by atoms with Crippen LogP contribution in [0.5, 0.6) is 0 Å². The van der Waals surface area contributed by atoms with Gasteiger partial charge < -0.3 is 20.0 Å². The van der Waals surface area contributed by atoms with Gasteiger partial charge in [-0.3, -0.25) is 14.2 Å². The van der Waals surface area contributed by atoms with Gasteiger partial charge in [0.25, 0.3) is 11.9 Å². The van der Waals surface area contributed by atoms with Crippen molar-refractivity contribution in [3.63, 3.8) is 0 Å². The van der Waals surface area contributed by atoms with Crippen LogP contribution in [-0.2, 0) is 42.3 Å². The maximum absolute atomic E-state index is 9.45. The minimum atomic E-state index is -0.833. The largest absolute Gasteiger partial charge is 0 e. The summed E-state index contributed by atoms with van der Waals surface area (Å²) in [6.07, 6.45) is 0. The summed E-state index contributed by atoms with van der Waals surface area (Å²) in [5, 5.41) is 28.9. The molecule has 0 aliphatic rings. The van der Waals surface area contributed by atoms with Gasteiger partial charge in [0.15, 0.2) is 8.01 Å². The molecule has 0 saturated carbocycles. The minimum Gasteiger partial charge on any atom is 0 e. The number of carbonyl (C=O) groups is 2. The molecule has 0 unspecified atom stereocenters. The van der Waals surface area contributed by atoms with Gasteiger partial charge in [-0.2, -0.15) is 0 Å². The third-order valence-corrected chi connectivity index (χ3v) is 1.46. The summed E-state index contributed by atoms with van der Waals surface area (Å²) < 4.78 is 24.4. The molecule has 0 heterocycles. The smallest absolute Gasteiger partial charge is 0 e. The number of nitrogens with zero attached hydrogens (tertiary/aromatic N) is 1. The number of carboxylic acids is 2. The van der Waals surface area contributed by atoms with E-state index in [1.807, 2.05) is 0 Å². The van der Waals surface area contributed by atoms with Crippen LogP contribution in [0.4, 0.5) is 0 Å². The number of hydrogen-bond acceptors (Lipinski definition) is 8. The monoisotopic (exact) mass is 466 g/mol. The second-order valence-corrected chi connectivity index (χ2v) is 4.12. The van der Waals surface area contributed by atoms with Gasteiger partial charge in [0, 0.05) is 48.4 Å². The standard InChI is InChI=1S/2C2H4O2.CH4NOPSi.CH4O.2Al.H2O2.O.Pd/c2*1-2(3)4;1-2-5-4-3;1-2;;;1-2;;/h2*1H3,(H,3,4);5H,1H3;2H,1H3;;;1-2H;;/q;;;;;+2;;;/p-1. The minimum absolute atomic E-state index is 0. The van der Waals surface area contributed by atoms with Crippen LogP contribution in [0, 0.1) is 0 Å². The molecule has 124 valence electrons. The van der Waals surface area contributed by atoms with Crippen molar-refractivity contribution in [2.24, 2.45) is 4.63 Å². The zero-order valence-corrected chi connectivity index (χ0v) is 17.7. The van der Waals surface area contributed by atoms with Crippen molar-refractivity contribution in [1.82, 2.24) is 0 Å². The van der Waals surface area contributed by atoms with E-state index < -0.39 is 11.9 Å². The van der Waals surface area contributed by atoms with Gasteiger partial charge in [0.1, 0.15) is 0 Å². The third-order valence-electron chi connectivity index (χ3n) is 0.163. The van der Waals surface area contributed by atoms with Crippen molar-refractivity contribution in [2.45, 2.75) is 13.8 Å². The van der Waals surface area contributed by atoms with Gasteiger partial charge in [-0.25, -0.2) is 0 Å². The van der Waals surface area contributed by atoms with Crippen LogP contribution in [0.3, 0.4) is 0 Å². The molecule has 0 saturated heterocycles. The summed E-state index contributed by atoms with van der Waals surface area (Å²) >= 11 is 2.80. The molecule has 0 aliphatic heterocycles. The van der Waals surface area contributed by atoms with Gasteiger partial charge in [-0.05, 0) is 0 Å². The Labute approximate surface area is 156 Å². The van der Waals surface area contributed by atoms with E-state index in [-0.39, 0.29) is 37.4 Å². The predicted molar refractivity (Wildman–Crippen MR) is 73.8 cm³/mol. The zero-order chi connectivity index (χ0) is 18.0. The van der Waals surface area contributed by atoms with Crippen molar-refractivity contribution in [1.29, 1.82) is 0 Å². The van der Waals surface area contributed by atoms with Gasteiger partial charge in [-0.15, -0.1) is 0 Å². The molecule has 4 N–H and O–H groups in total. The van der Waals surface area contributed by atoms with Gasteiger partial charge in [-0.1, -0.05) is 0 Å². The normalized spacial score (nSPS) is 6.10. The fourth-order valence-corrected chi connectivity index (χ4v) is 0.424. The fraction of sp³-hybridized carbons (Fsp3) is 0.667. The van der Waals surface area contributed by atoms with Crippen LogP contribution in [0.2, 0.25) is 0 Å². The van der Waals surface area contributed by atoms with Crippen LogP contribution in [0.15, 0.2) is 4.63 Å². The molecular formula is C6H17Al2NO9PPdSi+. The van der Waals surface area contributed by atoms with E-state index in [2.05, 4.69) is 8.57 Å². The maximum atomic E-state index is 9.45. The van der Waals surface area contributed by atoms with Crippen molar-refractivity contribution in [3.8, 4) is 0 Å². The Morgan fingerprint density at radius 2 is 1.33 bits per heavy atom. The fourth-order valence-electron chi connectivity index (χ4n) is 0.0471. The zero-order valence-electron chi connectivity index (χ0n) is 11.8. The Hall–Kier alpha value is 0.464. The SMILES string of the molecule is CC(=O)O.CC(=O)O.CN=[SiH]P=O.CO.O[O][Al+].[O]=[Al].[Pd]. The molecule has 0 fully saturated rings. The van der Waals surface area contributed by atoms with Crippen molar-refractivity contribution < 1.29 is 62.9 Å². The summed E-state index contributed by atoms with van der Waals surface area (Å²) in [6, 6.07) is 0. The molecule has 0 rings (SSSR count). The molecule has 0 amide bonds. The first-order chi connectivity index (χ1) is 9.29. The van der Waals surface area contributed by atoms with Crippen LogP contribution in [0.1, 0.15) is 13.8 Å². The maximum Gasteiger partial charge on any atom is 0 e. The number of aliphatic hydroxyl groups excluding tert-OH is 1. The molecule has 15 heteroatoms. The Bertz CT molecular complexity index is 208. The average Bonchev–Trinajstić information content (AvgIpc) is 2.35. The first-order valence-electron chi connectivity index (χ1n) is 4.10. The van der Waals surface area contributed by atoms with E-state index in [4.69, 9.17) is 34.0 Å². The number of aliphatic hydroxyl groups is 1. The van der Waals surface area contributed by atoms with Crippen molar-refractivity contribution in [2.75, 3.05) is 14.2 Å². The predicted octanol–water partition coefficient (Wildman–Crippen LogP) is -0.709.